The molecule has 3 N–H and O–H groups in total. The molecule has 8 nitrogen and oxygen atoms in total. The van der Waals surface area contributed by atoms with E-state index in [0.29, 0.717) is 17.7 Å². The number of carbonyl (C=O) groups excluding carboxylic acids is 2. The average Bonchev–Trinajstić information content (AvgIpc) is 3.47. The second kappa shape index (κ2) is 7.81. The summed E-state index contributed by atoms with van der Waals surface area (Å²) in [5.41, 5.74) is 7.78. The number of sulfone groups is 1. The van der Waals surface area contributed by atoms with Gasteiger partial charge in [0.1, 0.15) is 5.82 Å². The number of amides is 1. The topological polar surface area (TPSA) is 124 Å². The largest absolute Gasteiger partial charge is 0.383 e. The lowest BCUT2D eigenvalue weighted by molar-refractivity contribution is 0.0938. The van der Waals surface area contributed by atoms with E-state index in [1.54, 1.807) is 37.3 Å². The van der Waals surface area contributed by atoms with Gasteiger partial charge in [-0.1, -0.05) is 30.4 Å². The van der Waals surface area contributed by atoms with Crippen molar-refractivity contribution >= 4 is 27.3 Å². The van der Waals surface area contributed by atoms with Gasteiger partial charge in [0.05, 0.1) is 11.3 Å². The Morgan fingerprint density at radius 1 is 1.23 bits per heavy atom. The van der Waals surface area contributed by atoms with Crippen molar-refractivity contribution in [3.05, 3.63) is 59.2 Å². The predicted octanol–water partition coefficient (Wildman–Crippen LogP) is 2.37. The summed E-state index contributed by atoms with van der Waals surface area (Å²) < 4.78 is 26.1. The molecule has 2 aromatic rings. The lowest BCUT2D eigenvalue weighted by Crippen LogP contribution is -2.25. The number of nitrogens with one attached hydrogen (secondary N) is 1. The highest BCUT2D eigenvalue weighted by atomic mass is 32.2. The zero-order valence-corrected chi connectivity index (χ0v) is 18.1. The van der Waals surface area contributed by atoms with E-state index in [9.17, 15) is 18.0 Å². The van der Waals surface area contributed by atoms with E-state index in [4.69, 9.17) is 5.73 Å². The fourth-order valence-corrected chi connectivity index (χ4v) is 4.33. The van der Waals surface area contributed by atoms with Crippen molar-refractivity contribution in [2.75, 3.05) is 12.0 Å². The molecule has 4 rings (SSSR count). The molecule has 1 fully saturated rings. The second-order valence-electron chi connectivity index (χ2n) is 8.02. The van der Waals surface area contributed by atoms with Gasteiger partial charge in [-0.3, -0.25) is 9.59 Å². The molecular weight excluding hydrogens is 416 g/mol. The molecule has 2 aliphatic rings. The number of anilines is 1. The summed E-state index contributed by atoms with van der Waals surface area (Å²) in [5.74, 6) is -1.18. The quantitative estimate of drug-likeness (QED) is 0.665. The fourth-order valence-electron chi connectivity index (χ4n) is 3.52. The van der Waals surface area contributed by atoms with Gasteiger partial charge >= 0.3 is 0 Å². The second-order valence-corrected chi connectivity index (χ2v) is 9.95. The van der Waals surface area contributed by atoms with Crippen molar-refractivity contribution in [3.8, 4) is 5.69 Å². The van der Waals surface area contributed by atoms with Crippen LogP contribution < -0.4 is 11.1 Å². The number of hydrogen-bond acceptors (Lipinski definition) is 6. The van der Waals surface area contributed by atoms with Crippen LogP contribution in [-0.2, 0) is 9.84 Å². The van der Waals surface area contributed by atoms with E-state index < -0.39 is 21.5 Å². The first kappa shape index (κ1) is 21.0. The Balaban J connectivity index is 1.81. The summed E-state index contributed by atoms with van der Waals surface area (Å²) in [6.45, 7) is 1.80. The SMILES string of the molecule is Cc1ccc(C(=O)NC2CC2)cc1-n1nc(S(C)(=O)=O)c(C(=O)C2C=CC=CC2)c1N. The van der Waals surface area contributed by atoms with Crippen molar-refractivity contribution in [1.82, 2.24) is 15.1 Å². The van der Waals surface area contributed by atoms with Crippen molar-refractivity contribution in [1.29, 1.82) is 0 Å². The number of rotatable bonds is 6. The third-order valence-electron chi connectivity index (χ3n) is 5.42. The number of aromatic nitrogens is 2. The zero-order chi connectivity index (χ0) is 22.3. The number of allylic oxidation sites excluding steroid dienone is 4. The van der Waals surface area contributed by atoms with E-state index in [1.165, 1.54) is 4.68 Å². The highest BCUT2D eigenvalue weighted by molar-refractivity contribution is 7.90. The minimum absolute atomic E-state index is 0.0590. The normalized spacial score (nSPS) is 18.2. The molecule has 9 heteroatoms. The summed E-state index contributed by atoms with van der Waals surface area (Å²) in [6, 6.07) is 5.25. The molecule has 1 unspecified atom stereocenters. The van der Waals surface area contributed by atoms with E-state index in [0.717, 1.165) is 24.7 Å². The molecule has 1 saturated carbocycles. The highest BCUT2D eigenvalue weighted by Gasteiger charge is 2.32. The number of hydrogen-bond donors (Lipinski definition) is 2. The Hall–Kier alpha value is -3.20. The van der Waals surface area contributed by atoms with Gasteiger partial charge < -0.3 is 11.1 Å². The third-order valence-corrected chi connectivity index (χ3v) is 6.40. The third kappa shape index (κ3) is 4.18. The molecule has 0 aliphatic heterocycles. The summed E-state index contributed by atoms with van der Waals surface area (Å²) in [5, 5.41) is 6.78. The van der Waals surface area contributed by atoms with Crippen LogP contribution in [-0.4, -0.2) is 42.2 Å². The highest BCUT2D eigenvalue weighted by Crippen LogP contribution is 2.31. The summed E-state index contributed by atoms with van der Waals surface area (Å²) in [4.78, 5) is 25.7. The smallest absolute Gasteiger partial charge is 0.251 e. The first-order valence-corrected chi connectivity index (χ1v) is 11.9. The molecule has 162 valence electrons. The molecule has 0 saturated heterocycles. The van der Waals surface area contributed by atoms with Crippen LogP contribution in [0.1, 0.15) is 45.5 Å². The average molecular weight is 441 g/mol. The first-order chi connectivity index (χ1) is 14.7. The number of nitrogens with zero attached hydrogens (tertiary/aromatic N) is 2. The van der Waals surface area contributed by atoms with Crippen LogP contribution in [0.5, 0.6) is 0 Å². The monoisotopic (exact) mass is 440 g/mol. The van der Waals surface area contributed by atoms with Gasteiger partial charge in [-0.05, 0) is 43.9 Å². The van der Waals surface area contributed by atoms with Crippen LogP contribution >= 0.6 is 0 Å². The summed E-state index contributed by atoms with van der Waals surface area (Å²) in [7, 11) is -3.83. The van der Waals surface area contributed by atoms with Gasteiger partial charge in [-0.15, -0.1) is 0 Å². The van der Waals surface area contributed by atoms with Crippen LogP contribution in [0.25, 0.3) is 5.69 Å². The van der Waals surface area contributed by atoms with Crippen molar-refractivity contribution < 1.29 is 18.0 Å². The molecule has 1 aromatic carbocycles. The van der Waals surface area contributed by atoms with E-state index in [-0.39, 0.29) is 28.4 Å². The van der Waals surface area contributed by atoms with Crippen LogP contribution in [0.15, 0.2) is 47.5 Å². The Kier molecular flexibility index (Phi) is 5.30. The Labute approximate surface area is 180 Å². The number of nitrogens with two attached hydrogens (primary N) is 1. The van der Waals surface area contributed by atoms with Crippen LogP contribution in [0.2, 0.25) is 0 Å². The molecular formula is C22H24N4O4S. The van der Waals surface area contributed by atoms with Gasteiger partial charge in [0.25, 0.3) is 5.91 Å². The maximum Gasteiger partial charge on any atom is 0.251 e. The molecule has 0 spiro atoms. The zero-order valence-electron chi connectivity index (χ0n) is 17.3. The van der Waals surface area contributed by atoms with Gasteiger partial charge in [0, 0.05) is 23.8 Å². The summed E-state index contributed by atoms with van der Waals surface area (Å²) >= 11 is 0. The maximum absolute atomic E-state index is 13.2. The first-order valence-electron chi connectivity index (χ1n) is 10.0. The molecule has 0 radical (unpaired) electrons. The van der Waals surface area contributed by atoms with Crippen LogP contribution in [0.3, 0.4) is 0 Å². The lowest BCUT2D eigenvalue weighted by Gasteiger charge is -2.13. The van der Waals surface area contributed by atoms with Crippen molar-refractivity contribution in [3.63, 3.8) is 0 Å². The minimum Gasteiger partial charge on any atom is -0.383 e. The number of ketones is 1. The number of carbonyl (C=O) groups is 2. The van der Waals surface area contributed by atoms with Crippen molar-refractivity contribution in [2.45, 2.75) is 37.3 Å². The number of nitrogen functional groups attached to an aromatic ring is 1. The molecule has 2 aliphatic carbocycles. The minimum atomic E-state index is -3.83. The molecule has 1 heterocycles. The Bertz CT molecular complexity index is 1240. The van der Waals surface area contributed by atoms with E-state index in [1.807, 2.05) is 12.2 Å². The van der Waals surface area contributed by atoms with E-state index >= 15 is 0 Å². The van der Waals surface area contributed by atoms with Gasteiger partial charge in [-0.2, -0.15) is 5.10 Å². The molecule has 1 amide bonds. The molecule has 31 heavy (non-hydrogen) atoms. The standard InChI is InChI=1S/C22H24N4O4S/c1-13-8-9-15(21(28)24-16-10-11-16)12-17(13)26-20(23)18(22(25-26)31(2,29)30)19(27)14-6-4-3-5-7-14/h3-6,8-9,12,14,16H,7,10-11,23H2,1-2H3,(H,24,28). The molecule has 1 atom stereocenters. The molecule has 1 aromatic heterocycles. The van der Waals surface area contributed by atoms with Gasteiger partial charge in [0.15, 0.2) is 20.6 Å². The number of benzene rings is 1. The van der Waals surface area contributed by atoms with Crippen LogP contribution in [0.4, 0.5) is 5.82 Å². The number of Topliss-reactive ketones (excluding diaryl/α,β-unsaturated/α-hetero) is 1. The lowest BCUT2D eigenvalue weighted by atomic mass is 9.93. The Morgan fingerprint density at radius 2 is 1.97 bits per heavy atom. The van der Waals surface area contributed by atoms with Gasteiger partial charge in [0.2, 0.25) is 0 Å². The van der Waals surface area contributed by atoms with Crippen LogP contribution in [0, 0.1) is 12.8 Å². The summed E-state index contributed by atoms with van der Waals surface area (Å²) in [6.07, 6.45) is 10.5. The van der Waals surface area contributed by atoms with Gasteiger partial charge in [-0.25, -0.2) is 13.1 Å². The number of aryl methyl sites for hydroxylation is 1. The molecule has 0 bridgehead atoms. The maximum atomic E-state index is 13.2. The Morgan fingerprint density at radius 3 is 2.58 bits per heavy atom. The predicted molar refractivity (Wildman–Crippen MR) is 117 cm³/mol. The van der Waals surface area contributed by atoms with Crippen molar-refractivity contribution in [2.24, 2.45) is 5.92 Å². The fraction of sp³-hybridized carbons (Fsp3) is 0.318. The van der Waals surface area contributed by atoms with E-state index in [2.05, 4.69) is 10.4 Å².